The summed E-state index contributed by atoms with van der Waals surface area (Å²) in [5.74, 6) is 2.89. The number of H-pyrrole nitrogens is 2. The van der Waals surface area contributed by atoms with Gasteiger partial charge in [-0.05, 0) is 242 Å². The number of rotatable bonds is 15. The SMILES string of the molecule is Cc1cc(C)cc(-c2[nH]c3sc(C(C)(C)C(=O)N4C5CCC4CC5)cc3c2CCCl)c1.Cc1cc(C)cc(-c2[nH]c3sc(C(C)(C)C(=O)N4C5CCC4CC5)cc3c2CCN2CCC(CC(=O)N3CCOCC3)CC2)c1.O=C(CC1CCNCC1)N1CCOCC1. The third-order valence-electron chi connectivity index (χ3n) is 21.7. The molecule has 0 radical (unpaired) electrons. The summed E-state index contributed by atoms with van der Waals surface area (Å²) in [7, 11) is 0. The van der Waals surface area contributed by atoms with E-state index < -0.39 is 10.8 Å². The van der Waals surface area contributed by atoms with Gasteiger partial charge in [-0.1, -0.05) is 34.4 Å². The highest BCUT2D eigenvalue weighted by Gasteiger charge is 2.49. The van der Waals surface area contributed by atoms with E-state index in [1.807, 2.05) is 9.80 Å². The molecular weight excluding hydrogens is 1200 g/mol. The fourth-order valence-electron chi connectivity index (χ4n) is 16.5. The average molecular weight is 1300 g/mol. The Morgan fingerprint density at radius 1 is 0.505 bits per heavy atom. The highest BCUT2D eigenvalue weighted by Crippen LogP contribution is 2.47. The normalized spacial score (nSPS) is 22.5. The van der Waals surface area contributed by atoms with Crippen molar-refractivity contribution in [3.05, 3.63) is 91.7 Å². The molecule has 8 fully saturated rings. The van der Waals surface area contributed by atoms with Crippen LogP contribution in [0.3, 0.4) is 0 Å². The Morgan fingerprint density at radius 3 is 1.26 bits per heavy atom. The zero-order valence-corrected chi connectivity index (χ0v) is 58.1. The minimum Gasteiger partial charge on any atom is -0.378 e. The molecule has 2 aromatic carbocycles. The number of aromatic nitrogens is 2. The first-order valence-corrected chi connectivity index (χ1v) is 36.8. The molecule has 0 aliphatic carbocycles. The van der Waals surface area contributed by atoms with Crippen LogP contribution in [-0.4, -0.2) is 173 Å². The van der Waals surface area contributed by atoms with Gasteiger partial charge in [0.05, 0.1) is 48.6 Å². The molecular formula is C74H101ClN8O6S2. The van der Waals surface area contributed by atoms with Crippen molar-refractivity contribution in [3.8, 4) is 22.5 Å². The number of morpholine rings is 2. The lowest BCUT2D eigenvalue weighted by Gasteiger charge is -2.33. The summed E-state index contributed by atoms with van der Waals surface area (Å²) in [4.78, 5) is 75.5. The van der Waals surface area contributed by atoms with Crippen LogP contribution in [0.4, 0.5) is 0 Å². The van der Waals surface area contributed by atoms with Gasteiger partial charge in [-0.2, -0.15) is 0 Å². The van der Waals surface area contributed by atoms with E-state index in [2.05, 4.69) is 134 Å². The van der Waals surface area contributed by atoms with Crippen molar-refractivity contribution in [2.75, 3.05) is 91.2 Å². The second kappa shape index (κ2) is 28.5. The number of halogens is 1. The molecule has 4 bridgehead atoms. The molecule has 14 rings (SSSR count). The largest absolute Gasteiger partial charge is 0.378 e. The zero-order valence-electron chi connectivity index (χ0n) is 55.7. The molecule has 17 heteroatoms. The Morgan fingerprint density at radius 2 is 0.879 bits per heavy atom. The van der Waals surface area contributed by atoms with Crippen LogP contribution < -0.4 is 5.32 Å². The number of hydrogen-bond donors (Lipinski definition) is 3. The van der Waals surface area contributed by atoms with Crippen molar-refractivity contribution in [2.24, 2.45) is 11.8 Å². The number of alkyl halides is 1. The van der Waals surface area contributed by atoms with Crippen molar-refractivity contribution < 1.29 is 28.7 Å². The highest BCUT2D eigenvalue weighted by atomic mass is 35.5. The number of nitrogens with one attached hydrogen (secondary N) is 3. The summed E-state index contributed by atoms with van der Waals surface area (Å²) in [6, 6.07) is 19.9. The quantitative estimate of drug-likeness (QED) is 0.0862. The first kappa shape index (κ1) is 66.0. The van der Waals surface area contributed by atoms with Crippen molar-refractivity contribution in [1.82, 2.24) is 39.8 Å². The molecule has 8 aliphatic heterocycles. The Kier molecular flexibility index (Phi) is 20.6. The topological polar surface area (TPSA) is 147 Å². The molecule has 91 heavy (non-hydrogen) atoms. The van der Waals surface area contributed by atoms with Gasteiger partial charge in [0.15, 0.2) is 0 Å². The Balaban J connectivity index is 0.000000149. The predicted molar refractivity (Wildman–Crippen MR) is 371 cm³/mol. The van der Waals surface area contributed by atoms with E-state index in [1.165, 1.54) is 128 Å². The summed E-state index contributed by atoms with van der Waals surface area (Å²) >= 11 is 9.72. The molecule has 492 valence electrons. The fraction of sp³-hybridized carbons (Fsp3) is 0.622. The van der Waals surface area contributed by atoms with Gasteiger partial charge in [0.1, 0.15) is 9.66 Å². The van der Waals surface area contributed by atoms with E-state index in [1.54, 1.807) is 22.7 Å². The highest BCUT2D eigenvalue weighted by molar-refractivity contribution is 7.19. The van der Waals surface area contributed by atoms with Crippen LogP contribution in [-0.2, 0) is 52.3 Å². The number of thiophene rings is 2. The van der Waals surface area contributed by atoms with E-state index in [9.17, 15) is 19.2 Å². The van der Waals surface area contributed by atoms with Gasteiger partial charge in [-0.3, -0.25) is 19.2 Å². The number of fused-ring (bicyclic) bond motifs is 6. The average Bonchev–Trinajstić information content (AvgIpc) is 1.61. The van der Waals surface area contributed by atoms with E-state index in [4.69, 9.17) is 21.1 Å². The summed E-state index contributed by atoms with van der Waals surface area (Å²) in [5.41, 5.74) is 11.5. The maximum absolute atomic E-state index is 14.0. The van der Waals surface area contributed by atoms with Crippen molar-refractivity contribution in [2.45, 2.75) is 193 Å². The number of aryl methyl sites for hydroxylation is 5. The molecule has 4 amide bonds. The molecule has 6 aromatic rings. The molecule has 14 nitrogen and oxygen atoms in total. The lowest BCUT2D eigenvalue weighted by molar-refractivity contribution is -0.138. The van der Waals surface area contributed by atoms with Crippen LogP contribution in [0.2, 0.25) is 0 Å². The Bertz CT molecular complexity index is 3470. The number of benzene rings is 2. The zero-order chi connectivity index (χ0) is 63.7. The molecule has 0 saturated carbocycles. The van der Waals surface area contributed by atoms with E-state index in [0.29, 0.717) is 98.4 Å². The maximum atomic E-state index is 14.0. The summed E-state index contributed by atoms with van der Waals surface area (Å²) in [6.07, 6.45) is 17.0. The second-order valence-corrected chi connectivity index (χ2v) is 31.6. The molecule has 8 aliphatic rings. The number of hydrogen-bond acceptors (Lipinski definition) is 10. The molecule has 0 unspecified atom stereocenters. The van der Waals surface area contributed by atoms with E-state index in [0.717, 1.165) is 114 Å². The number of aromatic amines is 2. The van der Waals surface area contributed by atoms with Gasteiger partial charge >= 0.3 is 0 Å². The van der Waals surface area contributed by atoms with Crippen LogP contribution in [0.25, 0.3) is 42.9 Å². The molecule has 8 saturated heterocycles. The number of amides is 4. The Labute approximate surface area is 553 Å². The van der Waals surface area contributed by atoms with Gasteiger partial charge < -0.3 is 49.3 Å². The monoisotopic (exact) mass is 1300 g/mol. The minimum absolute atomic E-state index is 0.301. The van der Waals surface area contributed by atoms with Crippen LogP contribution in [0.15, 0.2) is 48.5 Å². The van der Waals surface area contributed by atoms with Crippen molar-refractivity contribution in [1.29, 1.82) is 0 Å². The van der Waals surface area contributed by atoms with Crippen LogP contribution >= 0.6 is 34.3 Å². The lowest BCUT2D eigenvalue weighted by atomic mass is 9.88. The number of carbonyl (C=O) groups excluding carboxylic acids is 4. The number of ether oxygens (including phenoxy) is 2. The molecule has 0 atom stereocenters. The van der Waals surface area contributed by atoms with Crippen molar-refractivity contribution in [3.63, 3.8) is 0 Å². The van der Waals surface area contributed by atoms with Crippen molar-refractivity contribution >= 4 is 78.3 Å². The minimum atomic E-state index is -0.534. The molecule has 4 aromatic heterocycles. The number of carbonyl (C=O) groups is 4. The number of nitrogens with zero attached hydrogens (tertiary/aromatic N) is 5. The molecule has 3 N–H and O–H groups in total. The van der Waals surface area contributed by atoms with Gasteiger partial charge in [-0.15, -0.1) is 34.3 Å². The lowest BCUT2D eigenvalue weighted by Crippen LogP contribution is -2.45. The summed E-state index contributed by atoms with van der Waals surface area (Å²) in [6.45, 7) is 28.1. The summed E-state index contributed by atoms with van der Waals surface area (Å²) in [5, 5.41) is 5.82. The van der Waals surface area contributed by atoms with Crippen LogP contribution in [0.5, 0.6) is 0 Å². The fourth-order valence-corrected chi connectivity index (χ4v) is 19.1. The second-order valence-electron chi connectivity index (χ2n) is 29.1. The van der Waals surface area contributed by atoms with Gasteiger partial charge in [0.25, 0.3) is 0 Å². The number of piperidine rings is 2. The molecule has 12 heterocycles. The Hall–Kier alpha value is -5.07. The first-order chi connectivity index (χ1) is 43.8. The van der Waals surface area contributed by atoms with E-state index >= 15 is 0 Å². The smallest absolute Gasteiger partial charge is 0.233 e. The van der Waals surface area contributed by atoms with E-state index in [-0.39, 0.29) is 0 Å². The third-order valence-corrected chi connectivity index (χ3v) is 24.7. The van der Waals surface area contributed by atoms with Gasteiger partial charge in [0, 0.05) is 96.1 Å². The maximum Gasteiger partial charge on any atom is 0.233 e. The van der Waals surface area contributed by atoms with Gasteiger partial charge in [-0.25, -0.2) is 0 Å². The summed E-state index contributed by atoms with van der Waals surface area (Å²) < 4.78 is 10.7. The van der Waals surface area contributed by atoms with Crippen LogP contribution in [0, 0.1) is 39.5 Å². The van der Waals surface area contributed by atoms with Crippen LogP contribution in [0.1, 0.15) is 161 Å². The standard InChI is InChI=1S/C37H50N4O3S.C26H31ClN2OS.C11H20N2O2/c1-24-19-25(2)21-27(20-24)34-30(11-14-39-12-9-26(10-13-39)22-33(42)40-15-17-44-18-16-40)31-23-32(45-35(31)38-34)37(3,4)36(43)41-28-5-6-29(41)8-7-28;1-15-11-16(2)13-17(12-15)23-20(9-10-27)21-14-22(31-24(21)28-23)26(3,4)25(30)29-18-5-6-19(29)8-7-18;14-11(13-5-7-15-8-6-13)9-10-1-3-12-4-2-10/h19-21,23,26,28-29,38H,5-18,22H2,1-4H3;11-14,18-19,28H,5-10H2,1-4H3;10,12H,1-9H2. The van der Waals surface area contributed by atoms with Gasteiger partial charge in [0.2, 0.25) is 23.6 Å². The third kappa shape index (κ3) is 14.5. The number of likely N-dealkylation sites (tertiary alicyclic amines) is 1. The molecule has 0 spiro atoms. The predicted octanol–water partition coefficient (Wildman–Crippen LogP) is 13.4. The first-order valence-electron chi connectivity index (χ1n) is 34.7.